The summed E-state index contributed by atoms with van der Waals surface area (Å²) in [5, 5.41) is 15.3. The van der Waals surface area contributed by atoms with Crippen LogP contribution in [0.4, 0.5) is 0 Å². The van der Waals surface area contributed by atoms with Gasteiger partial charge < -0.3 is 15.2 Å². The Bertz CT molecular complexity index is 1230. The third-order valence-corrected chi connectivity index (χ3v) is 12.4. The summed E-state index contributed by atoms with van der Waals surface area (Å²) in [7, 11) is -3.58. The van der Waals surface area contributed by atoms with Gasteiger partial charge in [0.05, 0.1) is 18.0 Å². The maximum Gasteiger partial charge on any atom is 0.330 e. The van der Waals surface area contributed by atoms with Crippen molar-refractivity contribution < 1.29 is 23.1 Å². The maximum absolute atomic E-state index is 14.0. The van der Waals surface area contributed by atoms with Gasteiger partial charge in [-0.15, -0.1) is 0 Å². The molecule has 5 rings (SSSR count). The molecule has 38 heavy (non-hydrogen) atoms. The lowest BCUT2D eigenvalue weighted by Crippen LogP contribution is -2.59. The lowest BCUT2D eigenvalue weighted by Gasteiger charge is -2.49. The number of sulfonamides is 1. The molecular weight excluding hydrogens is 500 g/mol. The van der Waals surface area contributed by atoms with Crippen LogP contribution in [0.2, 0.25) is 0 Å². The first-order valence-electron chi connectivity index (χ1n) is 14.0. The van der Waals surface area contributed by atoms with E-state index in [1.165, 1.54) is 17.2 Å². The molecule has 7 nitrogen and oxygen atoms in total. The number of aliphatic hydroxyl groups is 1. The van der Waals surface area contributed by atoms with Gasteiger partial charge in [-0.05, 0) is 61.5 Å². The second-order valence-corrected chi connectivity index (χ2v) is 14.3. The molecule has 0 aromatic heterocycles. The van der Waals surface area contributed by atoms with E-state index in [0.29, 0.717) is 45.6 Å². The molecule has 1 aliphatic heterocycles. The molecule has 208 valence electrons. The van der Waals surface area contributed by atoms with Crippen LogP contribution in [0.5, 0.6) is 0 Å². The third-order valence-electron chi connectivity index (χ3n) is 10.4. The normalized spacial score (nSPS) is 31.3. The van der Waals surface area contributed by atoms with E-state index in [4.69, 9.17) is 4.74 Å². The maximum atomic E-state index is 14.0. The molecule has 2 N–H and O–H groups in total. The van der Waals surface area contributed by atoms with E-state index in [1.54, 1.807) is 17.3 Å². The first-order valence-corrected chi connectivity index (χ1v) is 15.6. The number of nitrogens with one attached hydrogen (secondary N) is 1. The molecule has 3 fully saturated rings. The molecule has 0 radical (unpaired) electrons. The van der Waals surface area contributed by atoms with E-state index >= 15 is 0 Å². The fourth-order valence-corrected chi connectivity index (χ4v) is 10.4. The Kier molecular flexibility index (Phi) is 7.16. The minimum Gasteiger partial charge on any atom is -0.463 e. The van der Waals surface area contributed by atoms with Crippen LogP contribution in [0, 0.1) is 16.7 Å². The molecule has 2 saturated carbocycles. The fraction of sp³-hybridized carbons (Fsp3) is 0.633. The van der Waals surface area contributed by atoms with Crippen LogP contribution >= 0.6 is 0 Å². The first kappa shape index (κ1) is 27.6. The van der Waals surface area contributed by atoms with Gasteiger partial charge in [-0.25, -0.2) is 17.5 Å². The van der Waals surface area contributed by atoms with Crippen molar-refractivity contribution in [2.75, 3.05) is 38.5 Å². The Hall–Kier alpha value is -2.00. The average Bonchev–Trinajstić information content (AvgIpc) is 3.40. The highest BCUT2D eigenvalue weighted by Crippen LogP contribution is 2.70. The number of hydrogen-bond acceptors (Lipinski definition) is 6. The average molecular weight is 543 g/mol. The second-order valence-electron chi connectivity index (χ2n) is 12.3. The van der Waals surface area contributed by atoms with Crippen LogP contribution in [0.15, 0.2) is 42.5 Å². The fourth-order valence-electron chi connectivity index (χ4n) is 8.07. The number of rotatable bonds is 9. The summed E-state index contributed by atoms with van der Waals surface area (Å²) in [6, 6.07) is 8.42. The minimum absolute atomic E-state index is 0.0280. The van der Waals surface area contributed by atoms with E-state index < -0.39 is 27.0 Å². The molecule has 0 amide bonds. The van der Waals surface area contributed by atoms with E-state index in [-0.39, 0.29) is 22.5 Å². The van der Waals surface area contributed by atoms with Crippen LogP contribution in [-0.2, 0) is 25.0 Å². The molecular formula is C30H42N2O5S. The SMILES string of the molecule is CCOC(=O)/C=C/CNC[C@@]1(O)C[C@H]2CC[C@]1(CS(=O)(=O)N1CCC3(C=Cc4ccccc43)CC1)C2(C)C. The molecule has 1 aromatic carbocycles. The molecule has 1 heterocycles. The zero-order valence-electron chi connectivity index (χ0n) is 22.9. The Labute approximate surface area is 227 Å². The largest absolute Gasteiger partial charge is 0.463 e. The van der Waals surface area contributed by atoms with Crippen molar-refractivity contribution in [1.82, 2.24) is 9.62 Å². The zero-order valence-corrected chi connectivity index (χ0v) is 23.7. The number of hydrogen-bond donors (Lipinski definition) is 2. The van der Waals surface area contributed by atoms with Crippen LogP contribution in [0.1, 0.15) is 64.0 Å². The topological polar surface area (TPSA) is 95.9 Å². The van der Waals surface area contributed by atoms with Gasteiger partial charge in [-0.2, -0.15) is 0 Å². The summed E-state index contributed by atoms with van der Waals surface area (Å²) in [6.45, 7) is 8.06. The molecule has 3 atom stereocenters. The van der Waals surface area contributed by atoms with Gasteiger partial charge in [0.1, 0.15) is 0 Å². The van der Waals surface area contributed by atoms with Gasteiger partial charge in [0.2, 0.25) is 10.0 Å². The van der Waals surface area contributed by atoms with E-state index in [1.807, 2.05) is 6.07 Å². The predicted molar refractivity (Wildman–Crippen MR) is 149 cm³/mol. The van der Waals surface area contributed by atoms with Crippen LogP contribution in [0.25, 0.3) is 6.08 Å². The summed E-state index contributed by atoms with van der Waals surface area (Å²) >= 11 is 0. The van der Waals surface area contributed by atoms with Crippen molar-refractivity contribution in [3.63, 3.8) is 0 Å². The van der Waals surface area contributed by atoms with Crippen LogP contribution in [0.3, 0.4) is 0 Å². The van der Waals surface area contributed by atoms with E-state index in [9.17, 15) is 18.3 Å². The molecule has 2 bridgehead atoms. The smallest absolute Gasteiger partial charge is 0.330 e. The molecule has 0 unspecified atom stereocenters. The Morgan fingerprint density at radius 2 is 1.95 bits per heavy atom. The lowest BCUT2D eigenvalue weighted by molar-refractivity contribution is -0.137. The number of allylic oxidation sites excluding steroid dienone is 1. The molecule has 3 aliphatic carbocycles. The Morgan fingerprint density at radius 3 is 2.66 bits per heavy atom. The summed E-state index contributed by atoms with van der Waals surface area (Å²) in [6.07, 6.45) is 11.3. The van der Waals surface area contributed by atoms with Crippen molar-refractivity contribution in [3.8, 4) is 0 Å². The van der Waals surface area contributed by atoms with Gasteiger partial charge in [-0.1, -0.05) is 56.3 Å². The first-order chi connectivity index (χ1) is 18.0. The Balaban J connectivity index is 1.29. The van der Waals surface area contributed by atoms with Gasteiger partial charge in [-0.3, -0.25) is 0 Å². The van der Waals surface area contributed by atoms with Crippen LogP contribution < -0.4 is 5.32 Å². The van der Waals surface area contributed by atoms with Gasteiger partial charge in [0.15, 0.2) is 0 Å². The number of fused-ring (bicyclic) bond motifs is 4. The second kappa shape index (κ2) is 9.88. The number of esters is 1. The molecule has 1 spiro atoms. The summed E-state index contributed by atoms with van der Waals surface area (Å²) in [4.78, 5) is 11.6. The standard InChI is InChI=1S/C30H42N2O5S/c1-4-37-26(33)10-7-17-31-21-30(34)20-24-12-14-29(30,27(24,2)3)22-38(35,36)32-18-15-28(16-19-32)13-11-23-8-5-6-9-25(23)28/h5-11,13,24,31,34H,4,12,14-22H2,1-3H3/b10-7+/t24-,29+,30+/m1/s1. The van der Waals surface area contributed by atoms with E-state index in [0.717, 1.165) is 19.3 Å². The summed E-state index contributed by atoms with van der Waals surface area (Å²) in [5.74, 6) is -0.138. The molecule has 1 aromatic rings. The minimum atomic E-state index is -3.58. The molecule has 8 heteroatoms. The third kappa shape index (κ3) is 4.37. The van der Waals surface area contributed by atoms with E-state index in [2.05, 4.69) is 49.5 Å². The molecule has 1 saturated heterocycles. The Morgan fingerprint density at radius 1 is 1.21 bits per heavy atom. The van der Waals surface area contributed by atoms with Crippen molar-refractivity contribution in [3.05, 3.63) is 53.6 Å². The lowest BCUT2D eigenvalue weighted by atomic mass is 9.64. The van der Waals surface area contributed by atoms with Gasteiger partial charge >= 0.3 is 5.97 Å². The highest BCUT2D eigenvalue weighted by molar-refractivity contribution is 7.89. The number of ether oxygens (including phenoxy) is 1. The number of carbonyl (C=O) groups is 1. The van der Waals surface area contributed by atoms with Crippen LogP contribution in [-0.4, -0.2) is 67.9 Å². The number of benzene rings is 1. The highest BCUT2D eigenvalue weighted by Gasteiger charge is 2.71. The highest BCUT2D eigenvalue weighted by atomic mass is 32.2. The number of carbonyl (C=O) groups excluding carboxylic acids is 1. The quantitative estimate of drug-likeness (QED) is 0.281. The van der Waals surface area contributed by atoms with Crippen molar-refractivity contribution in [2.45, 2.75) is 63.9 Å². The number of piperidine rings is 1. The summed E-state index contributed by atoms with van der Waals surface area (Å²) < 4.78 is 34.5. The van der Waals surface area contributed by atoms with Crippen molar-refractivity contribution >= 4 is 22.1 Å². The number of nitrogens with zero attached hydrogens (tertiary/aromatic N) is 1. The van der Waals surface area contributed by atoms with Crippen molar-refractivity contribution in [2.24, 2.45) is 16.7 Å². The monoisotopic (exact) mass is 542 g/mol. The predicted octanol–water partition coefficient (Wildman–Crippen LogP) is 3.64. The van der Waals surface area contributed by atoms with Gasteiger partial charge in [0.25, 0.3) is 0 Å². The molecule has 4 aliphatic rings. The van der Waals surface area contributed by atoms with Gasteiger partial charge in [0, 0.05) is 43.1 Å². The zero-order chi connectivity index (χ0) is 27.2. The van der Waals surface area contributed by atoms with Crippen molar-refractivity contribution in [1.29, 1.82) is 0 Å². The summed E-state index contributed by atoms with van der Waals surface area (Å²) in [5.41, 5.74) is 0.325.